The van der Waals surface area contributed by atoms with Gasteiger partial charge in [0.2, 0.25) is 0 Å². The van der Waals surface area contributed by atoms with Gasteiger partial charge in [-0.15, -0.1) is 0 Å². The van der Waals surface area contributed by atoms with E-state index >= 15 is 0 Å². The highest BCUT2D eigenvalue weighted by atomic mass is 79.9. The van der Waals surface area contributed by atoms with Gasteiger partial charge in [-0.1, -0.05) is 0 Å². The van der Waals surface area contributed by atoms with E-state index in [4.69, 9.17) is 14.9 Å². The molecule has 1 aromatic heterocycles. The highest BCUT2D eigenvalue weighted by Crippen LogP contribution is 2.22. The van der Waals surface area contributed by atoms with E-state index in [1.807, 2.05) is 6.07 Å². The van der Waals surface area contributed by atoms with Crippen molar-refractivity contribution in [2.45, 2.75) is 6.04 Å². The average molecular weight is 220 g/mol. The van der Waals surface area contributed by atoms with Crippen LogP contribution in [-0.4, -0.2) is 13.7 Å². The van der Waals surface area contributed by atoms with Gasteiger partial charge in [0.25, 0.3) is 0 Å². The first-order valence-electron chi connectivity index (χ1n) is 3.23. The maximum atomic E-state index is 5.70. The molecule has 0 radical (unpaired) electrons. The van der Waals surface area contributed by atoms with Gasteiger partial charge in [0.05, 0.1) is 23.4 Å². The van der Waals surface area contributed by atoms with Crippen LogP contribution < -0.4 is 5.73 Å². The van der Waals surface area contributed by atoms with E-state index in [9.17, 15) is 0 Å². The highest BCUT2D eigenvalue weighted by molar-refractivity contribution is 9.10. The Hall–Kier alpha value is -0.320. The molecule has 0 fully saturated rings. The Bertz CT molecular complexity index is 224. The minimum atomic E-state index is -0.190. The molecule has 4 heteroatoms. The standard InChI is InChI=1S/C7H10BrNO2/c1-10-4-6(9)7-5(8)2-3-11-7/h2-3,6H,4,9H2,1H3. The van der Waals surface area contributed by atoms with Gasteiger partial charge in [-0.05, 0) is 22.0 Å². The van der Waals surface area contributed by atoms with Crippen molar-refractivity contribution in [1.29, 1.82) is 0 Å². The lowest BCUT2D eigenvalue weighted by atomic mass is 10.2. The molecule has 0 saturated carbocycles. The Balaban J connectivity index is 2.67. The summed E-state index contributed by atoms with van der Waals surface area (Å²) in [5.74, 6) is 0.729. The second-order valence-electron chi connectivity index (χ2n) is 2.19. The highest BCUT2D eigenvalue weighted by Gasteiger charge is 2.12. The summed E-state index contributed by atoms with van der Waals surface area (Å²) in [7, 11) is 1.61. The number of hydrogen-bond acceptors (Lipinski definition) is 3. The van der Waals surface area contributed by atoms with Gasteiger partial charge >= 0.3 is 0 Å². The van der Waals surface area contributed by atoms with Crippen molar-refractivity contribution >= 4 is 15.9 Å². The first-order valence-corrected chi connectivity index (χ1v) is 4.02. The number of methoxy groups -OCH3 is 1. The average Bonchev–Trinajstić information content (AvgIpc) is 2.36. The SMILES string of the molecule is COCC(N)c1occc1Br. The van der Waals surface area contributed by atoms with E-state index in [1.165, 1.54) is 0 Å². The molecular formula is C7H10BrNO2. The molecule has 1 rings (SSSR count). The van der Waals surface area contributed by atoms with Crippen LogP contribution in [0.2, 0.25) is 0 Å². The van der Waals surface area contributed by atoms with Crippen molar-refractivity contribution in [1.82, 2.24) is 0 Å². The third-order valence-electron chi connectivity index (χ3n) is 1.33. The Labute approximate surface area is 73.6 Å². The molecule has 1 heterocycles. The quantitative estimate of drug-likeness (QED) is 0.842. The van der Waals surface area contributed by atoms with Crippen molar-refractivity contribution in [3.63, 3.8) is 0 Å². The van der Waals surface area contributed by atoms with E-state index in [1.54, 1.807) is 13.4 Å². The van der Waals surface area contributed by atoms with E-state index in [2.05, 4.69) is 15.9 Å². The Morgan fingerprint density at radius 2 is 2.55 bits per heavy atom. The predicted octanol–water partition coefficient (Wildman–Crippen LogP) is 1.69. The summed E-state index contributed by atoms with van der Waals surface area (Å²) in [5.41, 5.74) is 5.70. The monoisotopic (exact) mass is 219 g/mol. The van der Waals surface area contributed by atoms with Crippen LogP contribution >= 0.6 is 15.9 Å². The van der Waals surface area contributed by atoms with Gasteiger partial charge in [0.15, 0.2) is 0 Å². The van der Waals surface area contributed by atoms with Crippen molar-refractivity contribution in [2.24, 2.45) is 5.73 Å². The van der Waals surface area contributed by atoms with Crippen LogP contribution in [0.15, 0.2) is 21.2 Å². The second-order valence-corrected chi connectivity index (χ2v) is 3.05. The fourth-order valence-corrected chi connectivity index (χ4v) is 1.32. The molecule has 2 N–H and O–H groups in total. The molecule has 0 spiro atoms. The lowest BCUT2D eigenvalue weighted by Crippen LogP contribution is -2.15. The van der Waals surface area contributed by atoms with Gasteiger partial charge in [0, 0.05) is 7.11 Å². The number of nitrogens with two attached hydrogens (primary N) is 1. The normalized spacial score (nSPS) is 13.4. The van der Waals surface area contributed by atoms with Crippen molar-refractivity contribution in [2.75, 3.05) is 13.7 Å². The molecule has 0 aliphatic heterocycles. The molecule has 0 aliphatic rings. The summed E-state index contributed by atoms with van der Waals surface area (Å²) in [6.45, 7) is 0.464. The smallest absolute Gasteiger partial charge is 0.136 e. The Morgan fingerprint density at radius 1 is 1.82 bits per heavy atom. The summed E-state index contributed by atoms with van der Waals surface area (Å²) >= 11 is 3.31. The van der Waals surface area contributed by atoms with E-state index < -0.39 is 0 Å². The van der Waals surface area contributed by atoms with Gasteiger partial charge in [-0.3, -0.25) is 0 Å². The number of ether oxygens (including phenoxy) is 1. The minimum absolute atomic E-state index is 0.190. The molecule has 0 saturated heterocycles. The minimum Gasteiger partial charge on any atom is -0.466 e. The first-order chi connectivity index (χ1) is 5.25. The summed E-state index contributed by atoms with van der Waals surface area (Å²) in [5, 5.41) is 0. The summed E-state index contributed by atoms with van der Waals surface area (Å²) in [6.07, 6.45) is 1.59. The molecule has 1 aromatic rings. The maximum absolute atomic E-state index is 5.70. The maximum Gasteiger partial charge on any atom is 0.136 e. The molecule has 0 aromatic carbocycles. The van der Waals surface area contributed by atoms with Crippen LogP contribution in [0.1, 0.15) is 11.8 Å². The molecule has 0 bridgehead atoms. The number of halogens is 1. The third-order valence-corrected chi connectivity index (χ3v) is 1.98. The Kier molecular flexibility index (Phi) is 3.11. The summed E-state index contributed by atoms with van der Waals surface area (Å²) < 4.78 is 10.9. The van der Waals surface area contributed by atoms with Gasteiger partial charge in [0.1, 0.15) is 5.76 Å². The van der Waals surface area contributed by atoms with E-state index in [0.717, 1.165) is 10.2 Å². The zero-order chi connectivity index (χ0) is 8.27. The number of rotatable bonds is 3. The fraction of sp³-hybridized carbons (Fsp3) is 0.429. The van der Waals surface area contributed by atoms with Crippen LogP contribution in [0.5, 0.6) is 0 Å². The lowest BCUT2D eigenvalue weighted by molar-refractivity contribution is 0.172. The molecular weight excluding hydrogens is 210 g/mol. The molecule has 1 unspecified atom stereocenters. The predicted molar refractivity (Wildman–Crippen MR) is 45.2 cm³/mol. The van der Waals surface area contributed by atoms with Crippen molar-refractivity contribution in [3.8, 4) is 0 Å². The second kappa shape index (κ2) is 3.90. The number of furan rings is 1. The van der Waals surface area contributed by atoms with Crippen LogP contribution in [0.3, 0.4) is 0 Å². The summed E-state index contributed by atoms with van der Waals surface area (Å²) in [4.78, 5) is 0. The van der Waals surface area contributed by atoms with Gasteiger partial charge in [-0.2, -0.15) is 0 Å². The lowest BCUT2D eigenvalue weighted by Gasteiger charge is -2.06. The first kappa shape index (κ1) is 8.77. The van der Waals surface area contributed by atoms with Crippen LogP contribution in [0.4, 0.5) is 0 Å². The van der Waals surface area contributed by atoms with E-state index in [-0.39, 0.29) is 6.04 Å². The molecule has 1 atom stereocenters. The van der Waals surface area contributed by atoms with E-state index in [0.29, 0.717) is 6.61 Å². The largest absolute Gasteiger partial charge is 0.466 e. The molecule has 62 valence electrons. The third kappa shape index (κ3) is 2.05. The molecule has 0 amide bonds. The van der Waals surface area contributed by atoms with Crippen LogP contribution in [-0.2, 0) is 4.74 Å². The van der Waals surface area contributed by atoms with Gasteiger partial charge < -0.3 is 14.9 Å². The molecule has 3 nitrogen and oxygen atoms in total. The zero-order valence-corrected chi connectivity index (χ0v) is 7.80. The number of hydrogen-bond donors (Lipinski definition) is 1. The molecule has 0 aliphatic carbocycles. The van der Waals surface area contributed by atoms with Crippen LogP contribution in [0.25, 0.3) is 0 Å². The molecule has 11 heavy (non-hydrogen) atoms. The topological polar surface area (TPSA) is 48.4 Å². The van der Waals surface area contributed by atoms with Gasteiger partial charge in [-0.25, -0.2) is 0 Å². The Morgan fingerprint density at radius 3 is 3.00 bits per heavy atom. The van der Waals surface area contributed by atoms with Crippen molar-refractivity contribution < 1.29 is 9.15 Å². The fourth-order valence-electron chi connectivity index (χ4n) is 0.825. The zero-order valence-electron chi connectivity index (χ0n) is 6.21. The van der Waals surface area contributed by atoms with Crippen molar-refractivity contribution in [3.05, 3.63) is 22.6 Å². The summed E-state index contributed by atoms with van der Waals surface area (Å²) in [6, 6.07) is 1.62. The van der Waals surface area contributed by atoms with Crippen LogP contribution in [0, 0.1) is 0 Å².